The summed E-state index contributed by atoms with van der Waals surface area (Å²) in [5, 5.41) is 9.20. The number of rotatable bonds is 3. The molecule has 0 aliphatic carbocycles. The van der Waals surface area contributed by atoms with Gasteiger partial charge in [0.15, 0.2) is 5.60 Å². The Kier molecular flexibility index (Phi) is 3.72. The summed E-state index contributed by atoms with van der Waals surface area (Å²) in [6.07, 6.45) is 1.37. The number of nitrogens with one attached hydrogen (secondary N) is 1. The number of hydrogen-bond donors (Lipinski definition) is 1. The fourth-order valence-corrected chi connectivity index (χ4v) is 2.02. The van der Waals surface area contributed by atoms with Crippen molar-refractivity contribution in [1.82, 2.24) is 9.55 Å². The van der Waals surface area contributed by atoms with E-state index in [-0.39, 0.29) is 6.61 Å². The lowest BCUT2D eigenvalue weighted by atomic mass is 10.0. The molecule has 2 atom stereocenters. The average Bonchev–Trinajstić information content (AvgIpc) is 2.81. The summed E-state index contributed by atoms with van der Waals surface area (Å²) in [5.41, 5.74) is -2.37. The molecule has 1 fully saturated rings. The maximum Gasteiger partial charge on any atom is 0.330 e. The van der Waals surface area contributed by atoms with Crippen LogP contribution in [0.1, 0.15) is 26.0 Å². The van der Waals surface area contributed by atoms with Crippen molar-refractivity contribution < 1.29 is 14.3 Å². The minimum atomic E-state index is -1.26. The van der Waals surface area contributed by atoms with Gasteiger partial charge in [-0.25, -0.2) is 4.79 Å². The lowest BCUT2D eigenvalue weighted by molar-refractivity contribution is -0.150. The van der Waals surface area contributed by atoms with E-state index in [9.17, 15) is 19.6 Å². The van der Waals surface area contributed by atoms with Crippen LogP contribution in [0.2, 0.25) is 0 Å². The van der Waals surface area contributed by atoms with Crippen molar-refractivity contribution in [2.75, 3.05) is 6.61 Å². The summed E-state index contributed by atoms with van der Waals surface area (Å²) in [4.78, 5) is 35.6. The van der Waals surface area contributed by atoms with Crippen molar-refractivity contribution in [3.05, 3.63) is 33.1 Å². The van der Waals surface area contributed by atoms with Gasteiger partial charge in [-0.05, 0) is 12.8 Å². The molecule has 8 heteroatoms. The van der Waals surface area contributed by atoms with Gasteiger partial charge in [0, 0.05) is 19.2 Å². The van der Waals surface area contributed by atoms with Crippen LogP contribution in [0.25, 0.3) is 0 Å². The molecule has 0 aromatic carbocycles. The number of hydrogen-bond acceptors (Lipinski definition) is 6. The van der Waals surface area contributed by atoms with Gasteiger partial charge in [0.25, 0.3) is 5.56 Å². The second-order valence-corrected chi connectivity index (χ2v) is 4.51. The number of nitriles is 1. The Morgan fingerprint density at radius 3 is 3.05 bits per heavy atom. The van der Waals surface area contributed by atoms with Gasteiger partial charge in [-0.1, -0.05) is 0 Å². The average molecular weight is 279 g/mol. The zero-order valence-electron chi connectivity index (χ0n) is 10.8. The third kappa shape index (κ3) is 2.78. The molecule has 1 saturated heterocycles. The maximum absolute atomic E-state index is 11.7. The third-order valence-electron chi connectivity index (χ3n) is 3.03. The number of H-pyrrole nitrogens is 1. The number of nitrogens with zero attached hydrogens (tertiary/aromatic N) is 2. The molecular weight excluding hydrogens is 266 g/mol. The van der Waals surface area contributed by atoms with Gasteiger partial charge >= 0.3 is 11.7 Å². The Bertz CT molecular complexity index is 671. The van der Waals surface area contributed by atoms with E-state index < -0.39 is 29.0 Å². The Morgan fingerprint density at radius 1 is 1.70 bits per heavy atom. The first-order valence-electron chi connectivity index (χ1n) is 6.00. The lowest BCUT2D eigenvalue weighted by Gasteiger charge is -2.21. The van der Waals surface area contributed by atoms with Crippen LogP contribution in [0.5, 0.6) is 0 Å². The molecule has 0 radical (unpaired) electrons. The van der Waals surface area contributed by atoms with E-state index in [2.05, 4.69) is 4.98 Å². The van der Waals surface area contributed by atoms with Crippen LogP contribution in [0.3, 0.4) is 0 Å². The maximum atomic E-state index is 11.7. The molecule has 0 saturated carbocycles. The van der Waals surface area contributed by atoms with Gasteiger partial charge in [-0.2, -0.15) is 5.26 Å². The van der Waals surface area contributed by atoms with E-state index >= 15 is 0 Å². The van der Waals surface area contributed by atoms with Crippen LogP contribution >= 0.6 is 0 Å². The van der Waals surface area contributed by atoms with Crippen molar-refractivity contribution in [3.63, 3.8) is 0 Å². The van der Waals surface area contributed by atoms with E-state index in [4.69, 9.17) is 9.47 Å². The number of aromatic amines is 1. The highest BCUT2D eigenvalue weighted by Crippen LogP contribution is 2.35. The molecule has 1 aromatic rings. The Morgan fingerprint density at radius 2 is 2.45 bits per heavy atom. The summed E-state index contributed by atoms with van der Waals surface area (Å²) in [7, 11) is 0. The normalized spacial score (nSPS) is 25.1. The first kappa shape index (κ1) is 14.0. The highest BCUT2D eigenvalue weighted by molar-refractivity contribution is 5.66. The Hall–Kier alpha value is -2.40. The van der Waals surface area contributed by atoms with Crippen LogP contribution in [0.4, 0.5) is 0 Å². The zero-order valence-corrected chi connectivity index (χ0v) is 10.8. The Labute approximate surface area is 113 Å². The van der Waals surface area contributed by atoms with Gasteiger partial charge in [0.05, 0.1) is 0 Å². The molecule has 0 unspecified atom stereocenters. The highest BCUT2D eigenvalue weighted by atomic mass is 16.6. The predicted octanol–water partition coefficient (Wildman–Crippen LogP) is -0.329. The largest absolute Gasteiger partial charge is 0.462 e. The molecule has 1 aliphatic heterocycles. The van der Waals surface area contributed by atoms with Gasteiger partial charge in [-0.15, -0.1) is 0 Å². The smallest absolute Gasteiger partial charge is 0.330 e. The third-order valence-corrected chi connectivity index (χ3v) is 3.03. The van der Waals surface area contributed by atoms with E-state index in [1.54, 1.807) is 0 Å². The lowest BCUT2D eigenvalue weighted by Crippen LogP contribution is -2.36. The molecule has 2 heterocycles. The first-order valence-corrected chi connectivity index (χ1v) is 6.00. The van der Waals surface area contributed by atoms with Crippen LogP contribution in [-0.2, 0) is 14.3 Å². The molecule has 20 heavy (non-hydrogen) atoms. The molecule has 106 valence electrons. The predicted molar refractivity (Wildman–Crippen MR) is 65.7 cm³/mol. The molecule has 0 amide bonds. The van der Waals surface area contributed by atoms with Gasteiger partial charge in [0.1, 0.15) is 18.9 Å². The summed E-state index contributed by atoms with van der Waals surface area (Å²) in [5.74, 6) is -0.507. The number of esters is 1. The topological polar surface area (TPSA) is 114 Å². The molecule has 1 N–H and O–H groups in total. The minimum Gasteiger partial charge on any atom is -0.462 e. The van der Waals surface area contributed by atoms with Crippen molar-refractivity contribution in [3.8, 4) is 6.07 Å². The van der Waals surface area contributed by atoms with Crippen LogP contribution in [0.15, 0.2) is 21.9 Å². The van der Waals surface area contributed by atoms with Crippen LogP contribution < -0.4 is 11.2 Å². The number of ether oxygens (including phenoxy) is 2. The van der Waals surface area contributed by atoms with Crippen LogP contribution in [-0.4, -0.2) is 27.7 Å². The zero-order chi connectivity index (χ0) is 14.8. The SMILES string of the molecule is CC(=O)OC[C@@]1(C#N)CC[C@@H](n2ccc(=O)[nH]c2=O)O1. The van der Waals surface area contributed by atoms with Crippen molar-refractivity contribution >= 4 is 5.97 Å². The van der Waals surface area contributed by atoms with Gasteiger partial charge in [-0.3, -0.25) is 19.1 Å². The van der Waals surface area contributed by atoms with Crippen molar-refractivity contribution in [2.45, 2.75) is 31.6 Å². The monoisotopic (exact) mass is 279 g/mol. The van der Waals surface area contributed by atoms with Crippen molar-refractivity contribution in [1.29, 1.82) is 5.26 Å². The fraction of sp³-hybridized carbons (Fsp3) is 0.500. The molecular formula is C12H13N3O5. The molecule has 1 aliphatic rings. The molecule has 8 nitrogen and oxygen atoms in total. The second-order valence-electron chi connectivity index (χ2n) is 4.51. The second kappa shape index (κ2) is 5.30. The molecule has 1 aromatic heterocycles. The number of carbonyl (C=O) groups is 1. The van der Waals surface area contributed by atoms with E-state index in [0.29, 0.717) is 12.8 Å². The quantitative estimate of drug-likeness (QED) is 0.758. The van der Waals surface area contributed by atoms with E-state index in [0.717, 1.165) is 0 Å². The standard InChI is InChI=1S/C12H13N3O5/c1-8(16)19-7-12(6-13)4-2-10(20-12)15-5-3-9(17)14-11(15)18/h3,5,10H,2,4,7H2,1H3,(H,14,17,18)/t10-,12-/m0/s1. The first-order chi connectivity index (χ1) is 9.46. The number of aromatic nitrogens is 2. The summed E-state index contributed by atoms with van der Waals surface area (Å²) >= 11 is 0. The highest BCUT2D eigenvalue weighted by Gasteiger charge is 2.42. The van der Waals surface area contributed by atoms with Crippen molar-refractivity contribution in [2.24, 2.45) is 0 Å². The van der Waals surface area contributed by atoms with E-state index in [1.165, 1.54) is 23.8 Å². The number of carbonyl (C=O) groups excluding carboxylic acids is 1. The van der Waals surface area contributed by atoms with Crippen LogP contribution in [0, 0.1) is 11.3 Å². The fourth-order valence-electron chi connectivity index (χ4n) is 2.02. The molecule has 0 bridgehead atoms. The molecule has 2 rings (SSSR count). The van der Waals surface area contributed by atoms with Gasteiger partial charge in [0.2, 0.25) is 0 Å². The van der Waals surface area contributed by atoms with Gasteiger partial charge < -0.3 is 9.47 Å². The summed E-state index contributed by atoms with van der Waals surface area (Å²) < 4.78 is 11.6. The summed E-state index contributed by atoms with van der Waals surface area (Å²) in [6, 6.07) is 3.17. The summed E-state index contributed by atoms with van der Waals surface area (Å²) in [6.45, 7) is 1.05. The Balaban J connectivity index is 2.18. The molecule has 0 spiro atoms. The van der Waals surface area contributed by atoms with E-state index in [1.807, 2.05) is 6.07 Å². The minimum absolute atomic E-state index is 0.187.